The minimum absolute atomic E-state index is 0.0444. The lowest BCUT2D eigenvalue weighted by atomic mass is 9.99. The summed E-state index contributed by atoms with van der Waals surface area (Å²) in [5, 5.41) is 12.4. The summed E-state index contributed by atoms with van der Waals surface area (Å²) >= 11 is 1.04. The zero-order valence-corrected chi connectivity index (χ0v) is 24.0. The van der Waals surface area contributed by atoms with Gasteiger partial charge in [-0.15, -0.1) is 4.83 Å². The number of carbonyl (C=O) groups is 1. The van der Waals surface area contributed by atoms with Crippen LogP contribution in [0.25, 0.3) is 11.2 Å². The predicted molar refractivity (Wildman–Crippen MR) is 137 cm³/mol. The lowest BCUT2D eigenvalue weighted by molar-refractivity contribution is -0.126. The molecule has 0 bridgehead atoms. The van der Waals surface area contributed by atoms with Crippen LogP contribution in [-0.4, -0.2) is 81.8 Å². The van der Waals surface area contributed by atoms with Crippen LogP contribution < -0.4 is 15.6 Å². The third-order valence-corrected chi connectivity index (χ3v) is 8.83. The Hall–Kier alpha value is -1.89. The van der Waals surface area contributed by atoms with Crippen molar-refractivity contribution in [3.05, 3.63) is 6.33 Å². The molecule has 0 aliphatic carbocycles. The van der Waals surface area contributed by atoms with Gasteiger partial charge in [0.15, 0.2) is 34.4 Å². The van der Waals surface area contributed by atoms with Crippen molar-refractivity contribution in [1.29, 1.82) is 0 Å². The molecule has 4 rings (SSSR count). The highest BCUT2D eigenvalue weighted by Crippen LogP contribution is 2.63. The smallest absolute Gasteiger partial charge is 0.382 e. The Kier molecular flexibility index (Phi) is 7.61. The van der Waals surface area contributed by atoms with Gasteiger partial charge in [-0.3, -0.25) is 27.9 Å². The number of phosphoric ester groups is 1. The molecular formula is C19H30N7O9PS2. The van der Waals surface area contributed by atoms with Crippen molar-refractivity contribution in [3.8, 4) is 0 Å². The number of thioether (sulfide) groups is 1. The van der Waals surface area contributed by atoms with Gasteiger partial charge in [0.25, 0.3) is 0 Å². The quantitative estimate of drug-likeness (QED) is 0.218. The Labute approximate surface area is 223 Å². The number of imidazole rings is 1. The second-order valence-corrected chi connectivity index (χ2v) is 14.4. The molecule has 0 amide bonds. The number of sulfonamides is 1. The van der Waals surface area contributed by atoms with Crippen LogP contribution in [0.2, 0.25) is 0 Å². The van der Waals surface area contributed by atoms with E-state index in [-0.39, 0.29) is 40.4 Å². The number of ether oxygens (including phenoxy) is 1. The number of nitrogens with zero attached hydrogens (tertiary/aromatic N) is 5. The minimum Gasteiger partial charge on any atom is -0.382 e. The molecule has 0 saturated carbocycles. The van der Waals surface area contributed by atoms with Crippen LogP contribution in [0.3, 0.4) is 0 Å². The number of hydrogen-bond donors (Lipinski definition) is 3. The van der Waals surface area contributed by atoms with E-state index < -0.39 is 47.5 Å². The molecule has 0 spiro atoms. The SMILES string of the molecule is CN(NS(C)(=O)=O)c1nc(N)nc2c1ncn2[C@@H]1O[C@@H]2OP(=O)(OCCSC(=O)C(C)(C)C)O[C@H]2[C@@]1(C)O. The van der Waals surface area contributed by atoms with Crippen molar-refractivity contribution in [2.45, 2.75) is 51.9 Å². The number of nitrogens with two attached hydrogens (primary N) is 1. The number of rotatable bonds is 8. The molecule has 0 radical (unpaired) electrons. The van der Waals surface area contributed by atoms with E-state index in [1.54, 1.807) is 20.8 Å². The first-order valence-corrected chi connectivity index (χ1v) is 15.6. The number of nitrogens with one attached hydrogen (secondary N) is 1. The van der Waals surface area contributed by atoms with Crippen molar-refractivity contribution in [1.82, 2.24) is 24.4 Å². The van der Waals surface area contributed by atoms with Crippen molar-refractivity contribution < 1.29 is 41.2 Å². The Balaban J connectivity index is 1.50. The first kappa shape index (κ1) is 29.1. The largest absolute Gasteiger partial charge is 0.477 e. The molecule has 2 aliphatic rings. The summed E-state index contributed by atoms with van der Waals surface area (Å²) in [6.45, 7) is 6.69. The van der Waals surface area contributed by atoms with E-state index >= 15 is 0 Å². The number of phosphoric acid groups is 1. The lowest BCUT2D eigenvalue weighted by Crippen LogP contribution is -2.43. The van der Waals surface area contributed by atoms with E-state index in [0.717, 1.165) is 23.0 Å². The highest BCUT2D eigenvalue weighted by atomic mass is 32.2. The molecule has 212 valence electrons. The van der Waals surface area contributed by atoms with Crippen LogP contribution >= 0.6 is 19.6 Å². The average Bonchev–Trinajstić information content (AvgIpc) is 3.39. The van der Waals surface area contributed by atoms with Gasteiger partial charge >= 0.3 is 7.82 Å². The summed E-state index contributed by atoms with van der Waals surface area (Å²) in [6, 6.07) is 0. The van der Waals surface area contributed by atoms with Crippen LogP contribution in [0, 0.1) is 5.41 Å². The number of anilines is 2. The summed E-state index contributed by atoms with van der Waals surface area (Å²) in [4.78, 5) is 26.8. The number of carbonyl (C=O) groups excluding carboxylic acids is 1. The molecular weight excluding hydrogens is 565 g/mol. The van der Waals surface area contributed by atoms with E-state index in [9.17, 15) is 22.9 Å². The standard InChI is InChI=1S/C19H30N7O9PS2/c1-18(2,3)16(27)37-8-7-32-36(29)34-11-14(35-36)33-15(19(11,4)28)26-9-21-10-12(22-17(20)23-13(10)26)25(5)24-38(6,30)31/h9,11,14-15,24,28H,7-8H2,1-6H3,(H2,20,22,23)/t11-,14-,15-,19-,36?/m1/s1. The third-order valence-electron chi connectivity index (χ3n) is 5.53. The molecule has 2 aromatic heterocycles. The van der Waals surface area contributed by atoms with Gasteiger partial charge in [0, 0.05) is 18.2 Å². The molecule has 19 heteroatoms. The fraction of sp³-hybridized carbons (Fsp3) is 0.684. The molecule has 1 unspecified atom stereocenters. The van der Waals surface area contributed by atoms with Crippen LogP contribution in [0.1, 0.15) is 33.9 Å². The fourth-order valence-corrected chi connectivity index (χ4v) is 6.79. The number of fused-ring (bicyclic) bond motifs is 2. The molecule has 16 nitrogen and oxygen atoms in total. The fourth-order valence-electron chi connectivity index (χ4n) is 3.80. The highest BCUT2D eigenvalue weighted by molar-refractivity contribution is 8.13. The maximum absolute atomic E-state index is 13.0. The Bertz CT molecular complexity index is 1390. The monoisotopic (exact) mass is 595 g/mol. The first-order valence-electron chi connectivity index (χ1n) is 11.3. The number of aromatic nitrogens is 4. The minimum atomic E-state index is -4.08. The van der Waals surface area contributed by atoms with Gasteiger partial charge in [-0.25, -0.2) is 18.0 Å². The lowest BCUT2D eigenvalue weighted by Gasteiger charge is -2.28. The van der Waals surface area contributed by atoms with Crippen LogP contribution in [0.15, 0.2) is 6.33 Å². The number of hydrazine groups is 1. The predicted octanol–water partition coefficient (Wildman–Crippen LogP) is 0.761. The van der Waals surface area contributed by atoms with Crippen LogP contribution in [0.4, 0.5) is 11.8 Å². The highest BCUT2D eigenvalue weighted by Gasteiger charge is 2.64. The molecule has 2 saturated heterocycles. The van der Waals surface area contributed by atoms with E-state index in [0.29, 0.717) is 0 Å². The van der Waals surface area contributed by atoms with Gasteiger partial charge in [-0.1, -0.05) is 32.5 Å². The van der Waals surface area contributed by atoms with Gasteiger partial charge in [-0.05, 0) is 6.92 Å². The summed E-state index contributed by atoms with van der Waals surface area (Å²) in [5.74, 6) is 0.0972. The van der Waals surface area contributed by atoms with Crippen molar-refractivity contribution in [3.63, 3.8) is 0 Å². The number of hydrogen-bond acceptors (Lipinski definition) is 15. The second-order valence-electron chi connectivity index (χ2n) is 10.0. The zero-order chi connectivity index (χ0) is 28.3. The maximum atomic E-state index is 13.0. The summed E-state index contributed by atoms with van der Waals surface area (Å²) < 4.78 is 59.8. The normalized spacial score (nSPS) is 29.6. The molecule has 4 N–H and O–H groups in total. The molecule has 2 aliphatic heterocycles. The average molecular weight is 596 g/mol. The van der Waals surface area contributed by atoms with Crippen molar-refractivity contribution in [2.75, 3.05) is 36.4 Å². The van der Waals surface area contributed by atoms with Gasteiger partial charge in [0.2, 0.25) is 22.3 Å². The zero-order valence-electron chi connectivity index (χ0n) is 21.5. The van der Waals surface area contributed by atoms with Gasteiger partial charge in [-0.2, -0.15) is 9.97 Å². The summed E-state index contributed by atoms with van der Waals surface area (Å²) in [7, 11) is -6.31. The maximum Gasteiger partial charge on any atom is 0.477 e. The topological polar surface area (TPSA) is 210 Å². The Morgan fingerprint density at radius 1 is 1.39 bits per heavy atom. The Morgan fingerprint density at radius 3 is 2.68 bits per heavy atom. The van der Waals surface area contributed by atoms with Crippen molar-refractivity contribution in [2.24, 2.45) is 5.41 Å². The molecule has 2 aromatic rings. The van der Waals surface area contributed by atoms with Crippen LogP contribution in [0.5, 0.6) is 0 Å². The number of nitrogen functional groups attached to an aromatic ring is 1. The van der Waals surface area contributed by atoms with Crippen LogP contribution in [-0.2, 0) is 37.7 Å². The van der Waals surface area contributed by atoms with E-state index in [1.807, 2.05) is 0 Å². The summed E-state index contributed by atoms with van der Waals surface area (Å²) in [6.07, 6.45) is -1.36. The van der Waals surface area contributed by atoms with E-state index in [1.165, 1.54) is 24.9 Å². The van der Waals surface area contributed by atoms with Crippen molar-refractivity contribution >= 4 is 57.7 Å². The van der Waals surface area contributed by atoms with E-state index in [4.69, 9.17) is 24.0 Å². The second kappa shape index (κ2) is 9.94. The molecule has 38 heavy (non-hydrogen) atoms. The molecule has 2 fully saturated rings. The number of aliphatic hydroxyl groups is 1. The summed E-state index contributed by atoms with van der Waals surface area (Å²) in [5.41, 5.74) is 3.81. The third kappa shape index (κ3) is 5.83. The van der Waals surface area contributed by atoms with Gasteiger partial charge in [0.1, 0.15) is 5.60 Å². The molecule has 0 aromatic carbocycles. The molecule has 4 heterocycles. The first-order chi connectivity index (χ1) is 17.4. The Morgan fingerprint density at radius 2 is 2.08 bits per heavy atom. The van der Waals surface area contributed by atoms with E-state index in [2.05, 4.69) is 19.8 Å². The van der Waals surface area contributed by atoms with Gasteiger partial charge in [0.05, 0.1) is 19.2 Å². The van der Waals surface area contributed by atoms with Gasteiger partial charge < -0.3 is 15.6 Å². The molecule has 5 atom stereocenters.